The Labute approximate surface area is 101 Å². The number of carbonyl (C=O) groups is 2. The van der Waals surface area contributed by atoms with Gasteiger partial charge in [0.1, 0.15) is 0 Å². The van der Waals surface area contributed by atoms with E-state index >= 15 is 0 Å². The Hall–Kier alpha value is -1.10. The lowest BCUT2D eigenvalue weighted by Crippen LogP contribution is -2.34. The number of carbonyl (C=O) groups excluding carboxylic acids is 1. The summed E-state index contributed by atoms with van der Waals surface area (Å²) in [5.74, 6) is -0.438. The highest BCUT2D eigenvalue weighted by atomic mass is 16.4. The third kappa shape index (κ3) is 3.43. The Morgan fingerprint density at radius 3 is 2.76 bits per heavy atom. The summed E-state index contributed by atoms with van der Waals surface area (Å²) in [5.41, 5.74) is 0. The third-order valence-corrected chi connectivity index (χ3v) is 3.69. The quantitative estimate of drug-likeness (QED) is 0.748. The second kappa shape index (κ2) is 5.49. The Kier molecular flexibility index (Phi) is 3.99. The molecule has 0 aromatic heterocycles. The first-order chi connectivity index (χ1) is 8.15. The minimum absolute atomic E-state index is 0.146. The number of amides is 1. The van der Waals surface area contributed by atoms with Crippen LogP contribution in [0.1, 0.15) is 32.1 Å². The summed E-state index contributed by atoms with van der Waals surface area (Å²) in [6.07, 6.45) is 3.82. The first-order valence-corrected chi connectivity index (χ1v) is 6.38. The Bertz CT molecular complexity index is 300. The van der Waals surface area contributed by atoms with E-state index in [-0.39, 0.29) is 18.2 Å². The second-order valence-corrected chi connectivity index (χ2v) is 5.09. The van der Waals surface area contributed by atoms with Crippen molar-refractivity contribution in [2.75, 3.05) is 19.6 Å². The molecule has 5 nitrogen and oxygen atoms in total. The van der Waals surface area contributed by atoms with Crippen molar-refractivity contribution in [3.8, 4) is 0 Å². The highest BCUT2D eigenvalue weighted by Gasteiger charge is 2.29. The fourth-order valence-electron chi connectivity index (χ4n) is 2.74. The predicted octanol–water partition coefficient (Wildman–Crippen LogP) is 0.452. The van der Waals surface area contributed by atoms with Gasteiger partial charge in [-0.3, -0.25) is 9.59 Å². The first kappa shape index (κ1) is 12.4. The highest BCUT2D eigenvalue weighted by molar-refractivity contribution is 5.77. The van der Waals surface area contributed by atoms with Crippen molar-refractivity contribution in [1.82, 2.24) is 10.2 Å². The molecule has 2 aliphatic rings. The number of hydrogen-bond donors (Lipinski definition) is 2. The van der Waals surface area contributed by atoms with Gasteiger partial charge in [-0.25, -0.2) is 0 Å². The molecule has 0 spiro atoms. The van der Waals surface area contributed by atoms with E-state index in [0.29, 0.717) is 19.0 Å². The number of likely N-dealkylation sites (tertiary alicyclic amines) is 1. The normalized spacial score (nSPS) is 28.6. The van der Waals surface area contributed by atoms with E-state index in [1.807, 2.05) is 4.90 Å². The fourth-order valence-corrected chi connectivity index (χ4v) is 2.74. The van der Waals surface area contributed by atoms with E-state index in [1.165, 1.54) is 0 Å². The summed E-state index contributed by atoms with van der Waals surface area (Å²) < 4.78 is 0. The van der Waals surface area contributed by atoms with Crippen molar-refractivity contribution in [2.45, 2.75) is 38.1 Å². The van der Waals surface area contributed by atoms with Gasteiger partial charge in [-0.2, -0.15) is 0 Å². The SMILES string of the molecule is O=C(O)CC1CCN(C(=O)CC2CCCN2)C1. The van der Waals surface area contributed by atoms with E-state index in [9.17, 15) is 9.59 Å². The van der Waals surface area contributed by atoms with Gasteiger partial charge in [0.2, 0.25) is 5.91 Å². The zero-order chi connectivity index (χ0) is 12.3. The molecular formula is C12H20N2O3. The van der Waals surface area contributed by atoms with Gasteiger partial charge >= 0.3 is 5.97 Å². The molecule has 2 fully saturated rings. The summed E-state index contributed by atoms with van der Waals surface area (Å²) in [6.45, 7) is 2.36. The summed E-state index contributed by atoms with van der Waals surface area (Å²) >= 11 is 0. The molecule has 0 aromatic rings. The van der Waals surface area contributed by atoms with Crippen molar-refractivity contribution < 1.29 is 14.7 Å². The molecule has 2 unspecified atom stereocenters. The molecule has 0 aliphatic carbocycles. The van der Waals surface area contributed by atoms with Gasteiger partial charge < -0.3 is 15.3 Å². The Morgan fingerprint density at radius 2 is 2.12 bits per heavy atom. The molecule has 0 saturated carbocycles. The molecular weight excluding hydrogens is 220 g/mol. The zero-order valence-electron chi connectivity index (χ0n) is 10.0. The molecule has 96 valence electrons. The van der Waals surface area contributed by atoms with E-state index in [4.69, 9.17) is 5.11 Å². The molecule has 2 aliphatic heterocycles. The topological polar surface area (TPSA) is 69.6 Å². The summed E-state index contributed by atoms with van der Waals surface area (Å²) in [6, 6.07) is 0.334. The molecule has 2 rings (SSSR count). The monoisotopic (exact) mass is 240 g/mol. The molecule has 2 N–H and O–H groups in total. The van der Waals surface area contributed by atoms with Crippen LogP contribution in [0.5, 0.6) is 0 Å². The zero-order valence-corrected chi connectivity index (χ0v) is 10.0. The van der Waals surface area contributed by atoms with Gasteiger partial charge in [-0.15, -0.1) is 0 Å². The first-order valence-electron chi connectivity index (χ1n) is 6.38. The maximum atomic E-state index is 12.0. The smallest absolute Gasteiger partial charge is 0.303 e. The van der Waals surface area contributed by atoms with Crippen LogP contribution in [0.2, 0.25) is 0 Å². The van der Waals surface area contributed by atoms with E-state index in [0.717, 1.165) is 32.4 Å². The average molecular weight is 240 g/mol. The lowest BCUT2D eigenvalue weighted by Gasteiger charge is -2.18. The summed E-state index contributed by atoms with van der Waals surface area (Å²) in [7, 11) is 0. The van der Waals surface area contributed by atoms with Crippen LogP contribution in [0.4, 0.5) is 0 Å². The molecule has 1 amide bonds. The molecule has 0 radical (unpaired) electrons. The van der Waals surface area contributed by atoms with Gasteiger partial charge in [-0.05, 0) is 31.7 Å². The third-order valence-electron chi connectivity index (χ3n) is 3.69. The van der Waals surface area contributed by atoms with Crippen molar-refractivity contribution in [2.24, 2.45) is 5.92 Å². The Balaban J connectivity index is 1.75. The van der Waals surface area contributed by atoms with Gasteiger partial charge in [0.25, 0.3) is 0 Å². The van der Waals surface area contributed by atoms with Crippen LogP contribution in [0.25, 0.3) is 0 Å². The van der Waals surface area contributed by atoms with Gasteiger partial charge in [0.15, 0.2) is 0 Å². The molecule has 5 heteroatoms. The van der Waals surface area contributed by atoms with Crippen LogP contribution in [0, 0.1) is 5.92 Å². The van der Waals surface area contributed by atoms with Crippen molar-refractivity contribution in [1.29, 1.82) is 0 Å². The number of rotatable bonds is 4. The molecule has 17 heavy (non-hydrogen) atoms. The predicted molar refractivity (Wildman–Crippen MR) is 62.6 cm³/mol. The number of nitrogens with zero attached hydrogens (tertiary/aromatic N) is 1. The van der Waals surface area contributed by atoms with Gasteiger partial charge in [-0.1, -0.05) is 0 Å². The van der Waals surface area contributed by atoms with Crippen LogP contribution in [0.3, 0.4) is 0 Å². The van der Waals surface area contributed by atoms with Crippen LogP contribution in [-0.4, -0.2) is 47.6 Å². The molecule has 2 heterocycles. The number of aliphatic carboxylic acids is 1. The van der Waals surface area contributed by atoms with Crippen LogP contribution in [-0.2, 0) is 9.59 Å². The average Bonchev–Trinajstić information content (AvgIpc) is 2.87. The number of nitrogens with one attached hydrogen (secondary N) is 1. The van der Waals surface area contributed by atoms with Gasteiger partial charge in [0.05, 0.1) is 0 Å². The van der Waals surface area contributed by atoms with Crippen molar-refractivity contribution in [3.05, 3.63) is 0 Å². The number of carboxylic acid groups (broad SMARTS) is 1. The van der Waals surface area contributed by atoms with Crippen molar-refractivity contribution >= 4 is 11.9 Å². The summed E-state index contributed by atoms with van der Waals surface area (Å²) in [5, 5.41) is 12.0. The van der Waals surface area contributed by atoms with E-state index < -0.39 is 5.97 Å². The minimum Gasteiger partial charge on any atom is -0.481 e. The van der Waals surface area contributed by atoms with Crippen LogP contribution < -0.4 is 5.32 Å². The molecule has 2 atom stereocenters. The largest absolute Gasteiger partial charge is 0.481 e. The standard InChI is InChI=1S/C12H20N2O3/c15-11(7-10-2-1-4-13-10)14-5-3-9(8-14)6-12(16)17/h9-10,13H,1-8H2,(H,16,17). The van der Waals surface area contributed by atoms with E-state index in [2.05, 4.69) is 5.32 Å². The van der Waals surface area contributed by atoms with Crippen molar-refractivity contribution in [3.63, 3.8) is 0 Å². The summed E-state index contributed by atoms with van der Waals surface area (Å²) in [4.78, 5) is 24.4. The number of carboxylic acids is 1. The lowest BCUT2D eigenvalue weighted by molar-refractivity contribution is -0.138. The molecule has 0 bridgehead atoms. The molecule has 0 aromatic carbocycles. The number of hydrogen-bond acceptors (Lipinski definition) is 3. The highest BCUT2D eigenvalue weighted by Crippen LogP contribution is 2.21. The maximum Gasteiger partial charge on any atom is 0.303 e. The van der Waals surface area contributed by atoms with Crippen LogP contribution >= 0.6 is 0 Å². The maximum absolute atomic E-state index is 12.0. The Morgan fingerprint density at radius 1 is 1.29 bits per heavy atom. The van der Waals surface area contributed by atoms with Crippen LogP contribution in [0.15, 0.2) is 0 Å². The minimum atomic E-state index is -0.762. The van der Waals surface area contributed by atoms with E-state index in [1.54, 1.807) is 0 Å². The lowest BCUT2D eigenvalue weighted by atomic mass is 10.1. The second-order valence-electron chi connectivity index (χ2n) is 5.09. The molecule has 2 saturated heterocycles. The fraction of sp³-hybridized carbons (Fsp3) is 0.833. The van der Waals surface area contributed by atoms with Gasteiger partial charge in [0, 0.05) is 32.0 Å².